The normalized spacial score (nSPS) is 12.9. The fourth-order valence-corrected chi connectivity index (χ4v) is 2.04. The van der Waals surface area contributed by atoms with Gasteiger partial charge in [-0.2, -0.15) is 0 Å². The van der Waals surface area contributed by atoms with Crippen molar-refractivity contribution >= 4 is 5.96 Å². The first-order valence-electron chi connectivity index (χ1n) is 7.38. The van der Waals surface area contributed by atoms with Crippen LogP contribution in [0.15, 0.2) is 29.3 Å². The second-order valence-corrected chi connectivity index (χ2v) is 4.72. The minimum absolute atomic E-state index is 0.326. The van der Waals surface area contributed by atoms with E-state index in [2.05, 4.69) is 28.6 Å². The molecule has 0 heterocycles. The number of rotatable bonds is 8. The molecule has 0 saturated heterocycles. The van der Waals surface area contributed by atoms with Crippen LogP contribution in [0, 0.1) is 0 Å². The number of hydrogen-bond donors (Lipinski definition) is 2. The van der Waals surface area contributed by atoms with Gasteiger partial charge in [0, 0.05) is 32.7 Å². The molecule has 1 rings (SSSR count). The van der Waals surface area contributed by atoms with Crippen molar-refractivity contribution in [3.63, 3.8) is 0 Å². The second-order valence-electron chi connectivity index (χ2n) is 4.72. The van der Waals surface area contributed by atoms with Crippen LogP contribution in [0.4, 0.5) is 0 Å². The molecular formula is C16H27N3O2. The van der Waals surface area contributed by atoms with Crippen LogP contribution in [0.3, 0.4) is 0 Å². The van der Waals surface area contributed by atoms with Gasteiger partial charge in [-0.25, -0.2) is 0 Å². The fourth-order valence-electron chi connectivity index (χ4n) is 2.04. The smallest absolute Gasteiger partial charge is 0.191 e. The minimum Gasteiger partial charge on any atom is -0.496 e. The molecule has 0 aliphatic heterocycles. The molecule has 1 aromatic carbocycles. The highest BCUT2D eigenvalue weighted by Gasteiger charge is 2.11. The Bertz CT molecular complexity index is 435. The van der Waals surface area contributed by atoms with E-state index >= 15 is 0 Å². The summed E-state index contributed by atoms with van der Waals surface area (Å²) in [6.45, 7) is 7.10. The molecule has 1 unspecified atom stereocenters. The molecule has 21 heavy (non-hydrogen) atoms. The molecule has 0 saturated carbocycles. The SMILES string of the molecule is CCOCCNC(=NC)NCC(C)c1ccccc1OC. The van der Waals surface area contributed by atoms with Gasteiger partial charge < -0.3 is 20.1 Å². The number of methoxy groups -OCH3 is 1. The van der Waals surface area contributed by atoms with Crippen molar-refractivity contribution in [3.8, 4) is 5.75 Å². The van der Waals surface area contributed by atoms with E-state index in [1.807, 2.05) is 25.1 Å². The summed E-state index contributed by atoms with van der Waals surface area (Å²) in [5.41, 5.74) is 1.19. The molecule has 1 atom stereocenters. The van der Waals surface area contributed by atoms with Gasteiger partial charge in [-0.05, 0) is 18.6 Å². The maximum atomic E-state index is 5.40. The van der Waals surface area contributed by atoms with E-state index in [1.54, 1.807) is 14.2 Å². The van der Waals surface area contributed by atoms with Crippen molar-refractivity contribution in [2.75, 3.05) is 40.5 Å². The molecule has 2 N–H and O–H groups in total. The Hall–Kier alpha value is -1.75. The van der Waals surface area contributed by atoms with E-state index in [-0.39, 0.29) is 0 Å². The standard InChI is InChI=1S/C16H27N3O2/c1-5-21-11-10-18-16(17-3)19-12-13(2)14-8-6-7-9-15(14)20-4/h6-9,13H,5,10-12H2,1-4H3,(H2,17,18,19). The summed E-state index contributed by atoms with van der Waals surface area (Å²) in [5, 5.41) is 6.55. The van der Waals surface area contributed by atoms with Crippen LogP contribution in [-0.4, -0.2) is 46.4 Å². The number of hydrogen-bond acceptors (Lipinski definition) is 3. The van der Waals surface area contributed by atoms with E-state index in [1.165, 1.54) is 5.56 Å². The van der Waals surface area contributed by atoms with Gasteiger partial charge in [0.25, 0.3) is 0 Å². The summed E-state index contributed by atoms with van der Waals surface area (Å²) in [6.07, 6.45) is 0. The Labute approximate surface area is 127 Å². The largest absolute Gasteiger partial charge is 0.496 e. The van der Waals surface area contributed by atoms with E-state index in [0.717, 1.165) is 31.4 Å². The summed E-state index contributed by atoms with van der Waals surface area (Å²) in [6, 6.07) is 8.09. The number of ether oxygens (including phenoxy) is 2. The van der Waals surface area contributed by atoms with Crippen LogP contribution < -0.4 is 15.4 Å². The Morgan fingerprint density at radius 2 is 2.05 bits per heavy atom. The van der Waals surface area contributed by atoms with Gasteiger partial charge in [-0.15, -0.1) is 0 Å². The zero-order valence-electron chi connectivity index (χ0n) is 13.5. The van der Waals surface area contributed by atoms with Crippen molar-refractivity contribution in [3.05, 3.63) is 29.8 Å². The van der Waals surface area contributed by atoms with Crippen LogP contribution in [0.5, 0.6) is 5.75 Å². The number of benzene rings is 1. The summed E-state index contributed by atoms with van der Waals surface area (Å²) in [5.74, 6) is 2.04. The Morgan fingerprint density at radius 3 is 2.71 bits per heavy atom. The first-order chi connectivity index (χ1) is 10.2. The Kier molecular flexibility index (Phi) is 8.28. The molecule has 0 amide bonds. The number of guanidine groups is 1. The number of nitrogens with one attached hydrogen (secondary N) is 2. The average Bonchev–Trinajstić information content (AvgIpc) is 2.53. The lowest BCUT2D eigenvalue weighted by atomic mass is 10.0. The molecule has 118 valence electrons. The molecule has 5 nitrogen and oxygen atoms in total. The monoisotopic (exact) mass is 293 g/mol. The lowest BCUT2D eigenvalue weighted by Gasteiger charge is -2.18. The molecule has 1 aromatic rings. The Balaban J connectivity index is 2.45. The predicted molar refractivity (Wildman–Crippen MR) is 87.3 cm³/mol. The maximum Gasteiger partial charge on any atom is 0.191 e. The Morgan fingerprint density at radius 1 is 1.29 bits per heavy atom. The summed E-state index contributed by atoms with van der Waals surface area (Å²) >= 11 is 0. The molecule has 0 bridgehead atoms. The molecule has 0 aliphatic carbocycles. The molecule has 0 aliphatic rings. The van der Waals surface area contributed by atoms with Crippen molar-refractivity contribution in [2.24, 2.45) is 4.99 Å². The summed E-state index contributed by atoms with van der Waals surface area (Å²) in [7, 11) is 3.47. The van der Waals surface area contributed by atoms with Gasteiger partial charge in [0.15, 0.2) is 5.96 Å². The van der Waals surface area contributed by atoms with E-state index in [4.69, 9.17) is 9.47 Å². The van der Waals surface area contributed by atoms with Gasteiger partial charge >= 0.3 is 0 Å². The third-order valence-electron chi connectivity index (χ3n) is 3.21. The number of para-hydroxylation sites is 1. The lowest BCUT2D eigenvalue weighted by molar-refractivity contribution is 0.152. The average molecular weight is 293 g/mol. The van der Waals surface area contributed by atoms with Crippen molar-refractivity contribution in [2.45, 2.75) is 19.8 Å². The maximum absolute atomic E-state index is 5.40. The molecule has 5 heteroatoms. The number of nitrogens with zero attached hydrogens (tertiary/aromatic N) is 1. The highest BCUT2D eigenvalue weighted by Crippen LogP contribution is 2.25. The lowest BCUT2D eigenvalue weighted by Crippen LogP contribution is -2.40. The van der Waals surface area contributed by atoms with Crippen LogP contribution in [0.1, 0.15) is 25.3 Å². The van der Waals surface area contributed by atoms with Crippen molar-refractivity contribution < 1.29 is 9.47 Å². The molecule has 0 radical (unpaired) electrons. The van der Waals surface area contributed by atoms with Gasteiger partial charge in [0.1, 0.15) is 5.75 Å². The predicted octanol–water partition coefficient (Wildman–Crippen LogP) is 2.00. The van der Waals surface area contributed by atoms with Crippen LogP contribution in [0.2, 0.25) is 0 Å². The quantitative estimate of drug-likeness (QED) is 0.437. The van der Waals surface area contributed by atoms with Gasteiger partial charge in [0.05, 0.1) is 13.7 Å². The fraction of sp³-hybridized carbons (Fsp3) is 0.562. The van der Waals surface area contributed by atoms with Crippen molar-refractivity contribution in [1.29, 1.82) is 0 Å². The minimum atomic E-state index is 0.326. The van der Waals surface area contributed by atoms with Crippen LogP contribution in [0.25, 0.3) is 0 Å². The molecular weight excluding hydrogens is 266 g/mol. The van der Waals surface area contributed by atoms with E-state index in [9.17, 15) is 0 Å². The van der Waals surface area contributed by atoms with Crippen LogP contribution >= 0.6 is 0 Å². The van der Waals surface area contributed by atoms with E-state index < -0.39 is 0 Å². The topological polar surface area (TPSA) is 54.9 Å². The van der Waals surface area contributed by atoms with Gasteiger partial charge in [-0.3, -0.25) is 4.99 Å². The zero-order chi connectivity index (χ0) is 15.5. The van der Waals surface area contributed by atoms with Gasteiger partial charge in [-0.1, -0.05) is 25.1 Å². The first kappa shape index (κ1) is 17.3. The third kappa shape index (κ3) is 6.04. The molecule has 0 fully saturated rings. The van der Waals surface area contributed by atoms with Crippen molar-refractivity contribution in [1.82, 2.24) is 10.6 Å². The van der Waals surface area contributed by atoms with Crippen LogP contribution in [-0.2, 0) is 4.74 Å². The second kappa shape index (κ2) is 10.0. The summed E-state index contributed by atoms with van der Waals surface area (Å²) < 4.78 is 10.7. The highest BCUT2D eigenvalue weighted by atomic mass is 16.5. The zero-order valence-corrected chi connectivity index (χ0v) is 13.5. The van der Waals surface area contributed by atoms with E-state index in [0.29, 0.717) is 12.5 Å². The first-order valence-corrected chi connectivity index (χ1v) is 7.38. The highest BCUT2D eigenvalue weighted by molar-refractivity contribution is 5.79. The van der Waals surface area contributed by atoms with Gasteiger partial charge in [0.2, 0.25) is 0 Å². The third-order valence-corrected chi connectivity index (χ3v) is 3.21. The molecule has 0 aromatic heterocycles. The number of aliphatic imine (C=N–C) groups is 1. The molecule has 0 spiro atoms. The summed E-state index contributed by atoms with van der Waals surface area (Å²) in [4.78, 5) is 4.20.